The fourth-order valence-corrected chi connectivity index (χ4v) is 2.75. The average Bonchev–Trinajstić information content (AvgIpc) is 2.84. The first kappa shape index (κ1) is 14.6. The Balaban J connectivity index is 1.73. The van der Waals surface area contributed by atoms with Gasteiger partial charge in [-0.2, -0.15) is 0 Å². The second-order valence-electron chi connectivity index (χ2n) is 5.58. The number of rotatable bonds is 4. The van der Waals surface area contributed by atoms with Crippen molar-refractivity contribution in [2.24, 2.45) is 0 Å². The maximum atomic E-state index is 6.28. The number of hydrogen-bond acceptors (Lipinski definition) is 6. The highest BCUT2D eigenvalue weighted by molar-refractivity contribution is 5.74. The molecule has 0 unspecified atom stereocenters. The van der Waals surface area contributed by atoms with Gasteiger partial charge in [0.25, 0.3) is 0 Å². The van der Waals surface area contributed by atoms with Crippen molar-refractivity contribution in [3.05, 3.63) is 36.4 Å². The van der Waals surface area contributed by atoms with E-state index in [1.54, 1.807) is 12.5 Å². The Hall–Kier alpha value is -2.37. The molecule has 0 spiro atoms. The van der Waals surface area contributed by atoms with Gasteiger partial charge in [-0.1, -0.05) is 18.9 Å². The highest BCUT2D eigenvalue weighted by Gasteiger charge is 2.16. The number of pyridine rings is 1. The van der Waals surface area contributed by atoms with Gasteiger partial charge in [0, 0.05) is 32.0 Å². The number of nitrogens with zero attached hydrogens (tertiary/aromatic N) is 4. The van der Waals surface area contributed by atoms with E-state index in [1.165, 1.54) is 25.7 Å². The van der Waals surface area contributed by atoms with E-state index in [1.807, 2.05) is 18.3 Å². The highest BCUT2D eigenvalue weighted by Crippen LogP contribution is 2.28. The van der Waals surface area contributed by atoms with E-state index in [0.717, 1.165) is 24.5 Å². The Bertz CT molecular complexity index is 593. The summed E-state index contributed by atoms with van der Waals surface area (Å²) in [6, 6.07) is 3.94. The van der Waals surface area contributed by atoms with Crippen LogP contribution in [0.4, 0.5) is 17.3 Å². The standard InChI is InChI=1S/C16H22N6/c17-14-15(19-11-13-6-5-7-18-10-13)20-12-21-16(14)22-8-3-1-2-4-9-22/h5-7,10,12H,1-4,8-9,11,17H2,(H,19,20,21). The maximum absolute atomic E-state index is 6.28. The third kappa shape index (κ3) is 3.44. The zero-order chi connectivity index (χ0) is 15.2. The summed E-state index contributed by atoms with van der Waals surface area (Å²) in [5, 5.41) is 3.28. The summed E-state index contributed by atoms with van der Waals surface area (Å²) >= 11 is 0. The number of nitrogens with one attached hydrogen (secondary N) is 1. The lowest BCUT2D eigenvalue weighted by atomic mass is 10.2. The molecule has 2 aromatic heterocycles. The van der Waals surface area contributed by atoms with E-state index in [9.17, 15) is 0 Å². The van der Waals surface area contributed by atoms with E-state index in [-0.39, 0.29) is 0 Å². The molecule has 116 valence electrons. The lowest BCUT2D eigenvalue weighted by molar-refractivity contribution is 0.726. The normalized spacial score (nSPS) is 15.4. The number of hydrogen-bond donors (Lipinski definition) is 2. The molecule has 22 heavy (non-hydrogen) atoms. The van der Waals surface area contributed by atoms with Crippen molar-refractivity contribution in [2.75, 3.05) is 29.0 Å². The molecule has 1 fully saturated rings. The van der Waals surface area contributed by atoms with Crippen LogP contribution in [-0.4, -0.2) is 28.0 Å². The van der Waals surface area contributed by atoms with Gasteiger partial charge in [0.1, 0.15) is 12.0 Å². The molecule has 3 N–H and O–H groups in total. The van der Waals surface area contributed by atoms with Crippen LogP contribution in [-0.2, 0) is 6.54 Å². The predicted octanol–water partition coefficient (Wildman–Crippen LogP) is 2.45. The van der Waals surface area contributed by atoms with Gasteiger partial charge in [-0.15, -0.1) is 0 Å². The molecule has 0 aromatic carbocycles. The SMILES string of the molecule is Nc1c(NCc2cccnc2)ncnc1N1CCCCCC1. The van der Waals surface area contributed by atoms with Crippen LogP contribution in [0.15, 0.2) is 30.9 Å². The van der Waals surface area contributed by atoms with Gasteiger partial charge >= 0.3 is 0 Å². The zero-order valence-corrected chi connectivity index (χ0v) is 12.7. The molecule has 3 heterocycles. The van der Waals surface area contributed by atoms with Crippen molar-refractivity contribution in [1.29, 1.82) is 0 Å². The molecule has 1 saturated heterocycles. The molecule has 6 nitrogen and oxygen atoms in total. The summed E-state index contributed by atoms with van der Waals surface area (Å²) in [6.07, 6.45) is 10.1. The Morgan fingerprint density at radius 3 is 2.68 bits per heavy atom. The molecule has 2 aromatic rings. The molecular formula is C16H22N6. The summed E-state index contributed by atoms with van der Waals surface area (Å²) in [6.45, 7) is 2.68. The molecule has 0 bridgehead atoms. The first-order valence-electron chi connectivity index (χ1n) is 7.83. The van der Waals surface area contributed by atoms with Gasteiger partial charge in [-0.3, -0.25) is 4.98 Å². The summed E-state index contributed by atoms with van der Waals surface area (Å²) in [5.74, 6) is 1.55. The van der Waals surface area contributed by atoms with Crippen LogP contribution in [0.5, 0.6) is 0 Å². The van der Waals surface area contributed by atoms with E-state index in [4.69, 9.17) is 5.73 Å². The minimum atomic E-state index is 0.633. The fourth-order valence-electron chi connectivity index (χ4n) is 2.75. The Morgan fingerprint density at radius 1 is 1.14 bits per heavy atom. The number of anilines is 3. The van der Waals surface area contributed by atoms with Crippen LogP contribution in [0.2, 0.25) is 0 Å². The minimum absolute atomic E-state index is 0.633. The first-order valence-corrected chi connectivity index (χ1v) is 7.83. The largest absolute Gasteiger partial charge is 0.393 e. The fraction of sp³-hybridized carbons (Fsp3) is 0.438. The maximum Gasteiger partial charge on any atom is 0.157 e. The molecule has 1 aliphatic rings. The first-order chi connectivity index (χ1) is 10.8. The smallest absolute Gasteiger partial charge is 0.157 e. The van der Waals surface area contributed by atoms with E-state index < -0.39 is 0 Å². The average molecular weight is 298 g/mol. The van der Waals surface area contributed by atoms with Crippen molar-refractivity contribution in [3.8, 4) is 0 Å². The minimum Gasteiger partial charge on any atom is -0.393 e. The van der Waals surface area contributed by atoms with Crippen molar-refractivity contribution >= 4 is 17.3 Å². The summed E-state index contributed by atoms with van der Waals surface area (Å²) in [5.41, 5.74) is 8.01. The lowest BCUT2D eigenvalue weighted by Gasteiger charge is -2.23. The second kappa shape index (κ2) is 7.06. The molecule has 3 rings (SSSR count). The van der Waals surface area contributed by atoms with Crippen LogP contribution < -0.4 is 16.0 Å². The van der Waals surface area contributed by atoms with Gasteiger partial charge in [0.15, 0.2) is 11.6 Å². The Morgan fingerprint density at radius 2 is 1.95 bits per heavy atom. The van der Waals surface area contributed by atoms with E-state index in [0.29, 0.717) is 18.1 Å². The van der Waals surface area contributed by atoms with Crippen LogP contribution in [0.25, 0.3) is 0 Å². The van der Waals surface area contributed by atoms with Gasteiger partial charge in [0.2, 0.25) is 0 Å². The molecule has 0 atom stereocenters. The second-order valence-corrected chi connectivity index (χ2v) is 5.58. The van der Waals surface area contributed by atoms with Crippen LogP contribution in [0.3, 0.4) is 0 Å². The Kier molecular flexibility index (Phi) is 4.68. The molecule has 0 amide bonds. The predicted molar refractivity (Wildman–Crippen MR) is 88.7 cm³/mol. The molecule has 6 heteroatoms. The molecule has 0 saturated carbocycles. The van der Waals surface area contributed by atoms with Crippen LogP contribution >= 0.6 is 0 Å². The van der Waals surface area contributed by atoms with Crippen molar-refractivity contribution in [3.63, 3.8) is 0 Å². The summed E-state index contributed by atoms with van der Waals surface area (Å²) in [4.78, 5) is 15.1. The van der Waals surface area contributed by atoms with Crippen molar-refractivity contribution in [2.45, 2.75) is 32.2 Å². The van der Waals surface area contributed by atoms with Crippen molar-refractivity contribution in [1.82, 2.24) is 15.0 Å². The highest BCUT2D eigenvalue weighted by atomic mass is 15.2. The van der Waals surface area contributed by atoms with Gasteiger partial charge < -0.3 is 16.0 Å². The van der Waals surface area contributed by atoms with Crippen LogP contribution in [0, 0.1) is 0 Å². The summed E-state index contributed by atoms with van der Waals surface area (Å²) < 4.78 is 0. The molecular weight excluding hydrogens is 276 g/mol. The van der Waals surface area contributed by atoms with Crippen molar-refractivity contribution < 1.29 is 0 Å². The third-order valence-electron chi connectivity index (χ3n) is 3.95. The quantitative estimate of drug-likeness (QED) is 0.902. The summed E-state index contributed by atoms with van der Waals surface area (Å²) in [7, 11) is 0. The monoisotopic (exact) mass is 298 g/mol. The number of nitrogen functional groups attached to an aromatic ring is 1. The van der Waals surface area contributed by atoms with Gasteiger partial charge in [-0.05, 0) is 24.5 Å². The van der Waals surface area contributed by atoms with E-state index in [2.05, 4.69) is 25.2 Å². The third-order valence-corrected chi connectivity index (χ3v) is 3.95. The molecule has 0 radical (unpaired) electrons. The Labute approximate surface area is 130 Å². The van der Waals surface area contributed by atoms with Gasteiger partial charge in [-0.25, -0.2) is 9.97 Å². The molecule has 0 aliphatic carbocycles. The van der Waals surface area contributed by atoms with Gasteiger partial charge in [0.05, 0.1) is 0 Å². The number of aromatic nitrogens is 3. The van der Waals surface area contributed by atoms with Crippen LogP contribution in [0.1, 0.15) is 31.2 Å². The molecule has 1 aliphatic heterocycles. The number of nitrogens with two attached hydrogens (primary N) is 1. The lowest BCUT2D eigenvalue weighted by Crippen LogP contribution is -2.26. The topological polar surface area (TPSA) is 80.0 Å². The zero-order valence-electron chi connectivity index (χ0n) is 12.7. The van der Waals surface area contributed by atoms with E-state index >= 15 is 0 Å².